The molecular formula is C13H23NO2S. The Morgan fingerprint density at radius 2 is 2.06 bits per heavy atom. The van der Waals surface area contributed by atoms with Gasteiger partial charge in [-0.2, -0.15) is 0 Å². The Morgan fingerprint density at radius 3 is 2.47 bits per heavy atom. The van der Waals surface area contributed by atoms with Gasteiger partial charge in [-0.05, 0) is 34.1 Å². The molecule has 2 unspecified atom stereocenters. The molecule has 1 heterocycles. The van der Waals surface area contributed by atoms with Gasteiger partial charge in [-0.3, -0.25) is 0 Å². The summed E-state index contributed by atoms with van der Waals surface area (Å²) >= 11 is 1.66. The van der Waals surface area contributed by atoms with E-state index in [1.54, 1.807) is 11.3 Å². The summed E-state index contributed by atoms with van der Waals surface area (Å²) in [5.74, 6) is 0. The number of aliphatic hydroxyl groups is 1. The Labute approximate surface area is 108 Å². The lowest BCUT2D eigenvalue weighted by atomic mass is 9.93. The van der Waals surface area contributed by atoms with Crippen molar-refractivity contribution in [3.8, 4) is 0 Å². The van der Waals surface area contributed by atoms with Gasteiger partial charge in [0.15, 0.2) is 0 Å². The van der Waals surface area contributed by atoms with Crippen molar-refractivity contribution < 1.29 is 9.84 Å². The molecule has 0 aliphatic carbocycles. The van der Waals surface area contributed by atoms with Crippen LogP contribution in [-0.2, 0) is 11.2 Å². The molecule has 0 aliphatic rings. The number of hydrogen-bond donors (Lipinski definition) is 1. The molecule has 0 radical (unpaired) electrons. The molecule has 0 aromatic carbocycles. The topological polar surface area (TPSA) is 42.4 Å². The fraction of sp³-hybridized carbons (Fsp3) is 0.769. The van der Waals surface area contributed by atoms with Crippen LogP contribution in [0.4, 0.5) is 0 Å². The number of aromatic nitrogens is 1. The number of rotatable bonds is 6. The summed E-state index contributed by atoms with van der Waals surface area (Å²) in [6.07, 6.45) is 0.868. The van der Waals surface area contributed by atoms with Crippen LogP contribution >= 0.6 is 11.3 Å². The molecule has 2 atom stereocenters. The fourth-order valence-corrected chi connectivity index (χ4v) is 2.74. The zero-order valence-electron chi connectivity index (χ0n) is 11.4. The normalized spacial score (nSPS) is 16.8. The molecule has 0 aliphatic heterocycles. The van der Waals surface area contributed by atoms with E-state index in [0.717, 1.165) is 17.1 Å². The van der Waals surface area contributed by atoms with Crippen LogP contribution in [0.3, 0.4) is 0 Å². The van der Waals surface area contributed by atoms with Crippen molar-refractivity contribution in [2.45, 2.75) is 59.2 Å². The van der Waals surface area contributed by atoms with Gasteiger partial charge in [-0.1, -0.05) is 6.92 Å². The molecule has 1 aromatic heterocycles. The highest BCUT2D eigenvalue weighted by Crippen LogP contribution is 2.25. The van der Waals surface area contributed by atoms with Crippen LogP contribution in [0.5, 0.6) is 0 Å². The zero-order valence-corrected chi connectivity index (χ0v) is 12.2. The van der Waals surface area contributed by atoms with E-state index in [1.165, 1.54) is 4.88 Å². The Kier molecular flexibility index (Phi) is 5.10. The lowest BCUT2D eigenvalue weighted by molar-refractivity contribution is -0.110. The van der Waals surface area contributed by atoms with Crippen LogP contribution in [0, 0.1) is 13.8 Å². The highest BCUT2D eigenvalue weighted by atomic mass is 32.1. The minimum Gasteiger partial charge on any atom is -0.390 e. The number of ether oxygens (including phenoxy) is 1. The molecular weight excluding hydrogens is 234 g/mol. The van der Waals surface area contributed by atoms with Crippen molar-refractivity contribution in [3.63, 3.8) is 0 Å². The quantitative estimate of drug-likeness (QED) is 0.852. The molecule has 0 fully saturated rings. The van der Waals surface area contributed by atoms with Gasteiger partial charge >= 0.3 is 0 Å². The second kappa shape index (κ2) is 5.94. The second-order valence-corrected chi connectivity index (χ2v) is 5.86. The molecule has 4 heteroatoms. The minimum absolute atomic E-state index is 0.470. The highest BCUT2D eigenvalue weighted by Gasteiger charge is 2.32. The second-order valence-electron chi connectivity index (χ2n) is 4.57. The van der Waals surface area contributed by atoms with Gasteiger partial charge in [0.25, 0.3) is 0 Å². The largest absolute Gasteiger partial charge is 0.390 e. The van der Waals surface area contributed by atoms with Crippen molar-refractivity contribution in [1.29, 1.82) is 0 Å². The van der Waals surface area contributed by atoms with E-state index in [0.29, 0.717) is 13.0 Å². The molecule has 0 saturated carbocycles. The van der Waals surface area contributed by atoms with Crippen LogP contribution in [0.25, 0.3) is 0 Å². The fourth-order valence-electron chi connectivity index (χ4n) is 1.77. The molecule has 17 heavy (non-hydrogen) atoms. The monoisotopic (exact) mass is 257 g/mol. The summed E-state index contributed by atoms with van der Waals surface area (Å²) in [6.45, 7) is 10.6. The number of hydrogen-bond acceptors (Lipinski definition) is 4. The van der Waals surface area contributed by atoms with Gasteiger partial charge in [0.1, 0.15) is 0 Å². The first-order chi connectivity index (χ1) is 7.92. The van der Waals surface area contributed by atoms with Gasteiger partial charge in [0.05, 0.1) is 22.4 Å². The van der Waals surface area contributed by atoms with Gasteiger partial charge < -0.3 is 9.84 Å². The summed E-state index contributed by atoms with van der Waals surface area (Å²) in [5.41, 5.74) is 0.592. The molecule has 3 nitrogen and oxygen atoms in total. The number of thiazole rings is 1. The van der Waals surface area contributed by atoms with Crippen molar-refractivity contribution in [1.82, 2.24) is 4.98 Å². The van der Waals surface area contributed by atoms with E-state index < -0.39 is 11.7 Å². The SMILES string of the molecule is CCOC(C)(CC)C(O)Cc1nc(C)c(C)s1. The minimum atomic E-state index is -0.502. The average Bonchev–Trinajstić information content (AvgIpc) is 2.58. The van der Waals surface area contributed by atoms with Crippen molar-refractivity contribution >= 4 is 11.3 Å². The average molecular weight is 257 g/mol. The van der Waals surface area contributed by atoms with Crippen molar-refractivity contribution in [2.24, 2.45) is 0 Å². The maximum atomic E-state index is 10.3. The Balaban J connectivity index is 2.73. The maximum absolute atomic E-state index is 10.3. The predicted octanol–water partition coefficient (Wildman–Crippen LogP) is 2.87. The first kappa shape index (κ1) is 14.6. The lowest BCUT2D eigenvalue weighted by Crippen LogP contribution is -2.42. The molecule has 0 bridgehead atoms. The molecule has 0 saturated heterocycles. The first-order valence-electron chi connectivity index (χ1n) is 6.17. The first-order valence-corrected chi connectivity index (χ1v) is 6.99. The Morgan fingerprint density at radius 1 is 1.41 bits per heavy atom. The molecule has 1 N–H and O–H groups in total. The predicted molar refractivity (Wildman–Crippen MR) is 71.6 cm³/mol. The lowest BCUT2D eigenvalue weighted by Gasteiger charge is -2.33. The van der Waals surface area contributed by atoms with Gasteiger partial charge in [-0.25, -0.2) is 4.98 Å². The third-order valence-corrected chi connectivity index (χ3v) is 4.42. The Hall–Kier alpha value is -0.450. The molecule has 1 aromatic rings. The van der Waals surface area contributed by atoms with Crippen LogP contribution in [0.15, 0.2) is 0 Å². The summed E-state index contributed by atoms with van der Waals surface area (Å²) in [7, 11) is 0. The standard InChI is InChI=1S/C13H23NO2S/c1-6-13(5,16-7-2)11(15)8-12-14-9(3)10(4)17-12/h11,15H,6-8H2,1-5H3. The van der Waals surface area contributed by atoms with Gasteiger partial charge in [0, 0.05) is 17.9 Å². The van der Waals surface area contributed by atoms with E-state index in [-0.39, 0.29) is 0 Å². The number of aliphatic hydroxyl groups excluding tert-OH is 1. The summed E-state index contributed by atoms with van der Waals surface area (Å²) in [5, 5.41) is 11.3. The maximum Gasteiger partial charge on any atom is 0.0957 e. The molecule has 1 rings (SSSR count). The van der Waals surface area contributed by atoms with Gasteiger partial charge in [-0.15, -0.1) is 11.3 Å². The van der Waals surface area contributed by atoms with E-state index in [4.69, 9.17) is 4.74 Å². The molecule has 98 valence electrons. The van der Waals surface area contributed by atoms with E-state index >= 15 is 0 Å². The summed E-state index contributed by atoms with van der Waals surface area (Å²) in [4.78, 5) is 5.68. The molecule has 0 amide bonds. The number of nitrogens with zero attached hydrogens (tertiary/aromatic N) is 1. The number of aryl methyl sites for hydroxylation is 2. The van der Waals surface area contributed by atoms with E-state index in [2.05, 4.69) is 11.9 Å². The van der Waals surface area contributed by atoms with Gasteiger partial charge in [0.2, 0.25) is 0 Å². The van der Waals surface area contributed by atoms with Crippen LogP contribution in [-0.4, -0.2) is 28.4 Å². The highest BCUT2D eigenvalue weighted by molar-refractivity contribution is 7.11. The van der Waals surface area contributed by atoms with Crippen molar-refractivity contribution in [2.75, 3.05) is 6.61 Å². The summed E-state index contributed by atoms with van der Waals surface area (Å²) in [6, 6.07) is 0. The molecule has 0 spiro atoms. The Bertz CT molecular complexity index is 345. The van der Waals surface area contributed by atoms with E-state index in [1.807, 2.05) is 27.7 Å². The third kappa shape index (κ3) is 3.50. The summed E-state index contributed by atoms with van der Waals surface area (Å²) < 4.78 is 5.68. The van der Waals surface area contributed by atoms with Crippen molar-refractivity contribution in [3.05, 3.63) is 15.6 Å². The van der Waals surface area contributed by atoms with Crippen LogP contribution in [0.1, 0.15) is 42.8 Å². The third-order valence-electron chi connectivity index (χ3n) is 3.32. The smallest absolute Gasteiger partial charge is 0.0957 e. The van der Waals surface area contributed by atoms with Crippen LogP contribution in [0.2, 0.25) is 0 Å². The van der Waals surface area contributed by atoms with E-state index in [9.17, 15) is 5.11 Å². The van der Waals surface area contributed by atoms with Crippen LogP contribution < -0.4 is 0 Å². The zero-order chi connectivity index (χ0) is 13.1.